The predicted molar refractivity (Wildman–Crippen MR) is 566 cm³/mol. The summed E-state index contributed by atoms with van der Waals surface area (Å²) in [6.07, 6.45) is 19.3. The SMILES string of the molecule is Cc1ccc(Cl)c(COc2ccccc2C(=O)Nc2cccnc2)c1.Cc1ccccc1COc1ccccc1C(=O)Nc1cccnc1.O=C(Nc1cccnc1)c1ccccc1OCc1c(Cl)cccc1Cl.O=C(Nc1cccnc1)c1ccccc1OCc1cccc(Cl)c1.O=C(Nc1cccnc1)c1ccccc1OCc1cccc(F)c1.O=C(Nc1cccnc1)c1ccccc1OCc1ccccc1F. The first kappa shape index (κ1) is 106. The highest BCUT2D eigenvalue weighted by Gasteiger charge is 2.22. The van der Waals surface area contributed by atoms with Crippen LogP contribution in [0.25, 0.3) is 0 Å². The molecule has 12 aromatic carbocycles. The molecule has 0 atom stereocenters. The van der Waals surface area contributed by atoms with Crippen molar-refractivity contribution in [1.82, 2.24) is 29.9 Å². The van der Waals surface area contributed by atoms with E-state index in [1.165, 1.54) is 18.2 Å². The molecular formula is C116H94Cl4F2N12O12. The first-order chi connectivity index (χ1) is 71.2. The van der Waals surface area contributed by atoms with E-state index in [0.717, 1.165) is 27.8 Å². The molecular weight excluding hydrogens is 1930 g/mol. The van der Waals surface area contributed by atoms with Crippen LogP contribution in [0.2, 0.25) is 20.1 Å². The summed E-state index contributed by atoms with van der Waals surface area (Å²) >= 11 is 24.5. The number of nitrogens with one attached hydrogen (secondary N) is 6. The Labute approximate surface area is 861 Å². The molecule has 0 spiro atoms. The normalized spacial score (nSPS) is 10.2. The molecule has 0 unspecified atom stereocenters. The number of ether oxygens (including phenoxy) is 6. The Kier molecular flexibility index (Phi) is 40.5. The number of para-hydroxylation sites is 6. The molecule has 732 valence electrons. The Morgan fingerprint density at radius 1 is 0.253 bits per heavy atom. The average molecular weight is 2030 g/mol. The zero-order valence-corrected chi connectivity index (χ0v) is 81.5. The summed E-state index contributed by atoms with van der Waals surface area (Å²) in [6.45, 7) is 5.46. The molecule has 30 heteroatoms. The molecule has 6 aromatic heterocycles. The van der Waals surface area contributed by atoms with Crippen molar-refractivity contribution in [3.63, 3.8) is 0 Å². The van der Waals surface area contributed by atoms with Crippen molar-refractivity contribution >= 4 is 116 Å². The molecule has 24 nitrogen and oxygen atoms in total. The zero-order chi connectivity index (χ0) is 102. The van der Waals surface area contributed by atoms with Gasteiger partial charge in [0.2, 0.25) is 0 Å². The topological polar surface area (TPSA) is 307 Å². The van der Waals surface area contributed by atoms with Gasteiger partial charge >= 0.3 is 0 Å². The van der Waals surface area contributed by atoms with E-state index >= 15 is 0 Å². The molecule has 0 fully saturated rings. The fraction of sp³-hybridized carbons (Fsp3) is 0.0690. The van der Waals surface area contributed by atoms with Crippen molar-refractivity contribution in [2.24, 2.45) is 0 Å². The smallest absolute Gasteiger partial charge is 0.259 e. The zero-order valence-electron chi connectivity index (χ0n) is 78.5. The average Bonchev–Trinajstić information content (AvgIpc) is 0.856. The van der Waals surface area contributed by atoms with Gasteiger partial charge in [0.1, 0.15) is 85.8 Å². The summed E-state index contributed by atoms with van der Waals surface area (Å²) < 4.78 is 61.6. The maximum Gasteiger partial charge on any atom is 0.259 e. The summed E-state index contributed by atoms with van der Waals surface area (Å²) in [4.78, 5) is 98.7. The van der Waals surface area contributed by atoms with Crippen LogP contribution in [-0.2, 0) is 39.6 Å². The molecule has 0 bridgehead atoms. The van der Waals surface area contributed by atoms with Crippen LogP contribution < -0.4 is 60.3 Å². The second kappa shape index (κ2) is 56.0. The fourth-order valence-electron chi connectivity index (χ4n) is 13.6. The van der Waals surface area contributed by atoms with Gasteiger partial charge in [-0.25, -0.2) is 8.78 Å². The summed E-state index contributed by atoms with van der Waals surface area (Å²) in [5.41, 5.74) is 13.3. The van der Waals surface area contributed by atoms with Gasteiger partial charge < -0.3 is 60.3 Å². The molecule has 0 aliphatic rings. The van der Waals surface area contributed by atoms with Crippen LogP contribution in [0.15, 0.2) is 426 Å². The van der Waals surface area contributed by atoms with Crippen LogP contribution in [0.3, 0.4) is 0 Å². The molecule has 18 aromatic rings. The van der Waals surface area contributed by atoms with Gasteiger partial charge in [0.05, 0.1) is 105 Å². The van der Waals surface area contributed by atoms with E-state index in [2.05, 4.69) is 61.8 Å². The number of carbonyl (C=O) groups excluding carboxylic acids is 6. The van der Waals surface area contributed by atoms with E-state index in [0.29, 0.717) is 152 Å². The number of aryl methyl sites for hydroxylation is 2. The van der Waals surface area contributed by atoms with Gasteiger partial charge in [-0.1, -0.05) is 210 Å². The number of nitrogens with zero attached hydrogens (tertiary/aromatic N) is 6. The van der Waals surface area contributed by atoms with Crippen molar-refractivity contribution in [1.29, 1.82) is 0 Å². The standard InChI is InChI=1S/C20H17ClN2O2.C20H18N2O2.C19H14Cl2N2O2.C19H15ClN2O2.2C19H15FN2O2/c1-14-8-9-18(21)15(11-14)13-25-19-7-3-2-6-17(19)20(24)23-16-5-4-10-22-12-16;1-15-7-2-3-8-16(15)14-24-19-11-5-4-10-18(19)20(23)22-17-9-6-12-21-13-17;20-16-7-3-8-17(21)15(16)12-25-18-9-2-1-6-14(18)19(24)23-13-5-4-10-22-11-13;20-15-6-3-5-14(11-15)13-24-18-9-2-1-8-17(18)19(23)22-16-7-4-10-21-12-16;20-17-9-3-1-6-14(17)13-24-18-10-4-2-8-16(18)19(23)22-15-7-5-11-21-12-15;20-15-6-3-5-14(11-15)13-24-18-9-2-1-8-17(18)19(23)22-16-7-4-10-21-12-16/h2-12H,13H2,1H3,(H,23,24);2-13H,14H2,1H3,(H,22,23);1-11H,12H2,(H,23,24);3*1-12H,13H2,(H,22,23). The third kappa shape index (κ3) is 33.4. The molecule has 6 amide bonds. The van der Waals surface area contributed by atoms with Gasteiger partial charge in [0, 0.05) is 74.0 Å². The van der Waals surface area contributed by atoms with E-state index in [-0.39, 0.29) is 73.5 Å². The Morgan fingerprint density at radius 3 is 0.870 bits per heavy atom. The van der Waals surface area contributed by atoms with E-state index in [4.69, 9.17) is 74.8 Å². The monoisotopic (exact) mass is 2020 g/mol. The summed E-state index contributed by atoms with van der Waals surface area (Å²) in [5, 5.41) is 19.1. The van der Waals surface area contributed by atoms with E-state index < -0.39 is 0 Å². The molecule has 6 heterocycles. The number of benzene rings is 12. The Bertz CT molecular complexity index is 7060. The quantitative estimate of drug-likeness (QED) is 0.0244. The van der Waals surface area contributed by atoms with Crippen LogP contribution in [-0.4, -0.2) is 65.3 Å². The Hall–Kier alpha value is -17.8. The van der Waals surface area contributed by atoms with Gasteiger partial charge in [0.15, 0.2) is 0 Å². The minimum Gasteiger partial charge on any atom is -0.488 e. The molecule has 6 N–H and O–H groups in total. The molecule has 18 rings (SSSR count). The first-order valence-corrected chi connectivity index (χ1v) is 46.8. The van der Waals surface area contributed by atoms with Gasteiger partial charge in [-0.3, -0.25) is 58.7 Å². The van der Waals surface area contributed by atoms with Crippen LogP contribution in [0, 0.1) is 25.5 Å². The summed E-state index contributed by atoms with van der Waals surface area (Å²) in [5.74, 6) is 0.576. The largest absolute Gasteiger partial charge is 0.488 e. The van der Waals surface area contributed by atoms with E-state index in [9.17, 15) is 37.5 Å². The lowest BCUT2D eigenvalue weighted by Gasteiger charge is -2.13. The van der Waals surface area contributed by atoms with Crippen molar-refractivity contribution in [2.75, 3.05) is 31.9 Å². The number of pyridine rings is 6. The molecule has 0 aliphatic heterocycles. The Balaban J connectivity index is 0.000000147. The van der Waals surface area contributed by atoms with Crippen molar-refractivity contribution in [2.45, 2.75) is 53.5 Å². The lowest BCUT2D eigenvalue weighted by Crippen LogP contribution is -2.13. The van der Waals surface area contributed by atoms with E-state index in [1.807, 2.05) is 98.8 Å². The predicted octanol–water partition coefficient (Wildman–Crippen LogP) is 27.0. The number of halogens is 6. The number of rotatable bonds is 30. The van der Waals surface area contributed by atoms with Gasteiger partial charge in [-0.05, 0) is 230 Å². The van der Waals surface area contributed by atoms with Gasteiger partial charge in [-0.15, -0.1) is 0 Å². The van der Waals surface area contributed by atoms with Crippen LogP contribution >= 0.6 is 46.4 Å². The highest BCUT2D eigenvalue weighted by atomic mass is 35.5. The van der Waals surface area contributed by atoms with Crippen LogP contribution in [0.1, 0.15) is 107 Å². The molecule has 0 aliphatic carbocycles. The van der Waals surface area contributed by atoms with E-state index in [1.54, 1.807) is 323 Å². The summed E-state index contributed by atoms with van der Waals surface area (Å²) in [7, 11) is 0. The van der Waals surface area contributed by atoms with Crippen molar-refractivity contribution < 1.29 is 66.0 Å². The third-order valence-electron chi connectivity index (χ3n) is 20.9. The van der Waals surface area contributed by atoms with Crippen LogP contribution in [0.5, 0.6) is 34.5 Å². The highest BCUT2D eigenvalue weighted by molar-refractivity contribution is 6.36. The minimum atomic E-state index is -0.338. The number of anilines is 6. The summed E-state index contributed by atoms with van der Waals surface area (Å²) in [6, 6.07) is 102. The third-order valence-corrected chi connectivity index (χ3v) is 22.2. The number of aromatic nitrogens is 6. The van der Waals surface area contributed by atoms with Crippen molar-refractivity contribution in [3.05, 3.63) is 536 Å². The van der Waals surface area contributed by atoms with Crippen molar-refractivity contribution in [3.8, 4) is 34.5 Å². The first-order valence-electron chi connectivity index (χ1n) is 45.2. The maximum absolute atomic E-state index is 13.7. The minimum absolute atomic E-state index is 0.0455. The molecule has 0 radical (unpaired) electrons. The molecule has 0 saturated heterocycles. The number of hydrogen-bond acceptors (Lipinski definition) is 18. The Morgan fingerprint density at radius 2 is 0.541 bits per heavy atom. The van der Waals surface area contributed by atoms with Crippen LogP contribution in [0.4, 0.5) is 42.9 Å². The van der Waals surface area contributed by atoms with Gasteiger partial charge in [-0.2, -0.15) is 0 Å². The fourth-order valence-corrected chi connectivity index (χ4v) is 14.4. The molecule has 146 heavy (non-hydrogen) atoms. The van der Waals surface area contributed by atoms with Gasteiger partial charge in [0.25, 0.3) is 35.4 Å². The lowest BCUT2D eigenvalue weighted by atomic mass is 10.1. The lowest BCUT2D eigenvalue weighted by molar-refractivity contribution is 0.101. The highest BCUT2D eigenvalue weighted by Crippen LogP contribution is 2.32. The maximum atomic E-state index is 13.7. The number of amides is 6. The second-order valence-electron chi connectivity index (χ2n) is 31.5. The molecule has 0 saturated carbocycles. The number of hydrogen-bond donors (Lipinski definition) is 6. The number of carbonyl (C=O) groups is 6. The second-order valence-corrected chi connectivity index (χ2v) is 33.1.